The van der Waals surface area contributed by atoms with Crippen LogP contribution in [0.3, 0.4) is 0 Å². The Kier molecular flexibility index (Phi) is 4.82. The highest BCUT2D eigenvalue weighted by Gasteiger charge is 2.33. The van der Waals surface area contributed by atoms with Crippen LogP contribution in [0.25, 0.3) is 11.0 Å². The number of hydrogen-bond acceptors (Lipinski definition) is 5. The number of fused-ring (bicyclic) bond motifs is 1. The number of halogens is 3. The van der Waals surface area contributed by atoms with Crippen molar-refractivity contribution in [3.05, 3.63) is 75.7 Å². The van der Waals surface area contributed by atoms with E-state index in [0.29, 0.717) is 10.8 Å². The number of benzene rings is 1. The molecule has 0 atom stereocenters. The van der Waals surface area contributed by atoms with Gasteiger partial charge in [-0.2, -0.15) is 27.7 Å². The van der Waals surface area contributed by atoms with Gasteiger partial charge in [0.05, 0.1) is 5.56 Å². The smallest absolute Gasteiger partial charge is 0.416 e. The number of rotatable bonds is 3. The Morgan fingerprint density at radius 1 is 1.14 bits per heavy atom. The molecule has 2 heterocycles. The molecule has 2 aromatic heterocycles. The highest BCUT2D eigenvalue weighted by atomic mass is 19.4. The molecule has 8 nitrogen and oxygen atoms in total. The Labute approximate surface area is 155 Å². The van der Waals surface area contributed by atoms with Gasteiger partial charge < -0.3 is 10.4 Å². The first-order valence-corrected chi connectivity index (χ1v) is 7.80. The number of aromatic nitrogens is 3. The zero-order valence-corrected chi connectivity index (χ0v) is 14.3. The quantitative estimate of drug-likeness (QED) is 0.317. The summed E-state index contributed by atoms with van der Waals surface area (Å²) < 4.78 is 39.2. The van der Waals surface area contributed by atoms with Crippen LogP contribution in [0.2, 0.25) is 0 Å². The van der Waals surface area contributed by atoms with E-state index in [1.54, 1.807) is 0 Å². The summed E-state index contributed by atoms with van der Waals surface area (Å²) in [4.78, 5) is 15.7. The number of nitrogens with zero attached hydrogens (tertiary/aromatic N) is 4. The number of alkyl halides is 3. The Morgan fingerprint density at radius 3 is 2.46 bits per heavy atom. The molecule has 0 saturated carbocycles. The van der Waals surface area contributed by atoms with Gasteiger partial charge >= 0.3 is 11.9 Å². The van der Waals surface area contributed by atoms with Crippen molar-refractivity contribution in [3.63, 3.8) is 0 Å². The van der Waals surface area contributed by atoms with Crippen molar-refractivity contribution in [2.24, 2.45) is 5.10 Å². The molecule has 0 aliphatic rings. The first-order valence-electron chi connectivity index (χ1n) is 7.80. The number of hydrogen-bond donors (Lipinski definition) is 1. The van der Waals surface area contributed by atoms with Gasteiger partial charge in [0.15, 0.2) is 0 Å². The average Bonchev–Trinajstić information content (AvgIpc) is 2.68. The van der Waals surface area contributed by atoms with Crippen LogP contribution < -0.4 is 14.9 Å². The largest absolute Gasteiger partial charge is 0.618 e. The van der Waals surface area contributed by atoms with Gasteiger partial charge in [0.25, 0.3) is 22.6 Å². The fraction of sp³-hybridized carbons (Fsp3) is 0.118. The van der Waals surface area contributed by atoms with Gasteiger partial charge in [-0.15, -0.1) is 0 Å². The average molecular weight is 391 g/mol. The van der Waals surface area contributed by atoms with Crippen LogP contribution in [0, 0.1) is 17.3 Å². The third-order valence-corrected chi connectivity index (χ3v) is 3.93. The maximum absolute atomic E-state index is 12.9. The van der Waals surface area contributed by atoms with Crippen molar-refractivity contribution in [3.8, 4) is 0 Å². The third kappa shape index (κ3) is 3.54. The molecule has 0 fully saturated rings. The summed E-state index contributed by atoms with van der Waals surface area (Å²) in [5.74, 6) is -0.594. The molecule has 1 amide bonds. The van der Waals surface area contributed by atoms with E-state index in [-0.39, 0.29) is 27.2 Å². The SMILES string of the molecule is Cc1c(/C=N/NC(=O)c2ccncc2)[n+]([O-])c2cc(C(F)(F)F)ccc2[n+]1[O-]. The van der Waals surface area contributed by atoms with Gasteiger partial charge in [0, 0.05) is 37.0 Å². The molecule has 0 radical (unpaired) electrons. The fourth-order valence-corrected chi connectivity index (χ4v) is 2.46. The monoisotopic (exact) mass is 391 g/mol. The molecule has 11 heteroatoms. The van der Waals surface area contributed by atoms with E-state index >= 15 is 0 Å². The lowest BCUT2D eigenvalue weighted by Gasteiger charge is -2.11. The predicted octanol–water partition coefficient (Wildman–Crippen LogP) is 1.59. The number of hydrazone groups is 1. The Bertz CT molecular complexity index is 1090. The molecule has 0 aliphatic carbocycles. The second kappa shape index (κ2) is 7.10. The maximum atomic E-state index is 12.9. The summed E-state index contributed by atoms with van der Waals surface area (Å²) in [6.07, 6.45) is -0.978. The summed E-state index contributed by atoms with van der Waals surface area (Å²) >= 11 is 0. The van der Waals surface area contributed by atoms with Crippen molar-refractivity contribution in [1.29, 1.82) is 0 Å². The van der Waals surface area contributed by atoms with E-state index < -0.39 is 23.2 Å². The first kappa shape index (κ1) is 19.0. The van der Waals surface area contributed by atoms with Crippen LogP contribution in [0.5, 0.6) is 0 Å². The molecule has 0 aliphatic heterocycles. The standard InChI is InChI=1S/C17H12F3N5O3/c1-10-15(9-22-23-16(26)11-4-6-21-7-5-11)25(28)14-8-12(17(18,19)20)2-3-13(14)24(10)27/h2-9H,1H3,(H,23,26)/b22-9+. The molecule has 144 valence electrons. The molecule has 0 bridgehead atoms. The van der Waals surface area contributed by atoms with Crippen molar-refractivity contribution in [2.45, 2.75) is 13.1 Å². The van der Waals surface area contributed by atoms with Crippen LogP contribution in [0.4, 0.5) is 13.2 Å². The van der Waals surface area contributed by atoms with Gasteiger partial charge in [-0.25, -0.2) is 5.43 Å². The van der Waals surface area contributed by atoms with E-state index in [1.807, 2.05) is 0 Å². The van der Waals surface area contributed by atoms with Gasteiger partial charge in [0.1, 0.15) is 6.21 Å². The molecule has 3 aromatic rings. The molecule has 0 saturated heterocycles. The number of carbonyl (C=O) groups is 1. The summed E-state index contributed by atoms with van der Waals surface area (Å²) in [5.41, 5.74) is 0.252. The summed E-state index contributed by atoms with van der Waals surface area (Å²) in [5, 5.41) is 28.4. The third-order valence-electron chi connectivity index (χ3n) is 3.93. The second-order valence-corrected chi connectivity index (χ2v) is 5.70. The molecule has 1 aromatic carbocycles. The fourth-order valence-electron chi connectivity index (χ4n) is 2.46. The first-order chi connectivity index (χ1) is 13.2. The van der Waals surface area contributed by atoms with Crippen LogP contribution in [0.1, 0.15) is 27.3 Å². The normalized spacial score (nSPS) is 11.9. The van der Waals surface area contributed by atoms with Gasteiger partial charge in [0.2, 0.25) is 0 Å². The molecular weight excluding hydrogens is 379 g/mol. The van der Waals surface area contributed by atoms with Crippen LogP contribution in [-0.4, -0.2) is 17.1 Å². The lowest BCUT2D eigenvalue weighted by atomic mass is 10.1. The van der Waals surface area contributed by atoms with Crippen LogP contribution >= 0.6 is 0 Å². The zero-order valence-electron chi connectivity index (χ0n) is 14.3. The zero-order chi connectivity index (χ0) is 20.5. The lowest BCUT2D eigenvalue weighted by molar-refractivity contribution is -0.634. The summed E-state index contributed by atoms with van der Waals surface area (Å²) in [6, 6.07) is 5.11. The second-order valence-electron chi connectivity index (χ2n) is 5.70. The topological polar surface area (TPSA) is 108 Å². The number of amides is 1. The van der Waals surface area contributed by atoms with Crippen molar-refractivity contribution in [2.75, 3.05) is 0 Å². The van der Waals surface area contributed by atoms with E-state index in [0.717, 1.165) is 18.3 Å². The number of pyridine rings is 1. The maximum Gasteiger partial charge on any atom is 0.416 e. The van der Waals surface area contributed by atoms with Gasteiger partial charge in [-0.3, -0.25) is 9.78 Å². The minimum Gasteiger partial charge on any atom is -0.618 e. The van der Waals surface area contributed by atoms with Crippen LogP contribution in [-0.2, 0) is 6.18 Å². The molecular formula is C17H12F3N5O3. The highest BCUT2D eigenvalue weighted by molar-refractivity contribution is 5.94. The minimum absolute atomic E-state index is 0.0934. The molecule has 0 unspecified atom stereocenters. The summed E-state index contributed by atoms with van der Waals surface area (Å²) in [7, 11) is 0. The molecule has 28 heavy (non-hydrogen) atoms. The van der Waals surface area contributed by atoms with Gasteiger partial charge in [-0.05, 0) is 18.2 Å². The predicted molar refractivity (Wildman–Crippen MR) is 90.9 cm³/mol. The number of nitrogens with one attached hydrogen (secondary N) is 1. The molecule has 1 N–H and O–H groups in total. The highest BCUT2D eigenvalue weighted by Crippen LogP contribution is 2.30. The Hall–Kier alpha value is -3.76. The van der Waals surface area contributed by atoms with E-state index in [4.69, 9.17) is 0 Å². The van der Waals surface area contributed by atoms with Crippen molar-refractivity contribution in [1.82, 2.24) is 10.4 Å². The number of carbonyl (C=O) groups excluding carboxylic acids is 1. The lowest BCUT2D eigenvalue weighted by Crippen LogP contribution is -2.45. The van der Waals surface area contributed by atoms with E-state index in [9.17, 15) is 28.4 Å². The minimum atomic E-state index is -4.67. The van der Waals surface area contributed by atoms with Crippen LogP contribution in [0.15, 0.2) is 47.8 Å². The van der Waals surface area contributed by atoms with Crippen molar-refractivity contribution >= 4 is 23.2 Å². The van der Waals surface area contributed by atoms with E-state index in [2.05, 4.69) is 15.5 Å². The van der Waals surface area contributed by atoms with E-state index in [1.165, 1.54) is 31.5 Å². The Balaban J connectivity index is 1.99. The van der Waals surface area contributed by atoms with Crippen molar-refractivity contribution < 1.29 is 27.4 Å². The summed E-state index contributed by atoms with van der Waals surface area (Å²) in [6.45, 7) is 1.31. The Morgan fingerprint density at radius 2 is 1.82 bits per heavy atom. The van der Waals surface area contributed by atoms with Gasteiger partial charge in [-0.1, -0.05) is 0 Å². The molecule has 0 spiro atoms. The molecule has 3 rings (SSSR count).